The number of hydrogen-bond donors (Lipinski definition) is 1. The molecule has 0 aliphatic heterocycles. The van der Waals surface area contributed by atoms with Crippen molar-refractivity contribution in [1.82, 2.24) is 9.13 Å². The Hall–Kier alpha value is -3.71. The molecule has 0 bridgehead atoms. The van der Waals surface area contributed by atoms with Crippen LogP contribution in [0.4, 0.5) is 0 Å². The van der Waals surface area contributed by atoms with Gasteiger partial charge in [0.05, 0.1) is 32.9 Å². The van der Waals surface area contributed by atoms with E-state index in [1.165, 1.54) is 16.7 Å². The first kappa shape index (κ1) is 21.2. The van der Waals surface area contributed by atoms with Crippen molar-refractivity contribution in [2.24, 2.45) is 0 Å². The summed E-state index contributed by atoms with van der Waals surface area (Å²) >= 11 is 4.23. The molecule has 0 fully saturated rings. The molecule has 0 N–H and O–H groups in total. The highest BCUT2D eigenvalue weighted by Crippen LogP contribution is 2.22. The average Bonchev–Trinajstić information content (AvgIpc) is 3.22. The lowest BCUT2D eigenvalue weighted by Crippen LogP contribution is -2.26. The number of aromatic nitrogens is 2. The highest BCUT2D eigenvalue weighted by molar-refractivity contribution is 7.80. The molecule has 0 radical (unpaired) electrons. The van der Waals surface area contributed by atoms with Gasteiger partial charge >= 0.3 is 0 Å². The second kappa shape index (κ2) is 7.71. The van der Waals surface area contributed by atoms with E-state index in [1.807, 2.05) is 32.0 Å². The Bertz CT molecular complexity index is 1670. The van der Waals surface area contributed by atoms with E-state index in [9.17, 15) is 19.2 Å². The molecule has 0 aliphatic carbocycles. The van der Waals surface area contributed by atoms with Crippen molar-refractivity contribution in [3.8, 4) is 11.4 Å². The molecule has 6 nitrogen and oxygen atoms in total. The summed E-state index contributed by atoms with van der Waals surface area (Å²) in [6.45, 7) is 3.94. The van der Waals surface area contributed by atoms with Crippen molar-refractivity contribution in [2.75, 3.05) is 0 Å². The molecular formula is C26H20N2O4S. The second-order valence-electron chi connectivity index (χ2n) is 7.98. The van der Waals surface area contributed by atoms with E-state index in [0.29, 0.717) is 29.1 Å². The maximum Gasteiger partial charge on any atom is 0.266 e. The summed E-state index contributed by atoms with van der Waals surface area (Å²) in [5.41, 5.74) is 0.781. The zero-order chi connectivity index (χ0) is 23.4. The minimum absolute atomic E-state index is 0.121. The Morgan fingerprint density at radius 3 is 1.48 bits per heavy atom. The first-order valence-corrected chi connectivity index (χ1v) is 11.2. The Kier molecular flexibility index (Phi) is 4.94. The molecule has 0 saturated heterocycles. The van der Waals surface area contributed by atoms with Crippen molar-refractivity contribution < 1.29 is 0 Å². The third-order valence-corrected chi connectivity index (χ3v) is 6.49. The topological polar surface area (TPSA) is 78.1 Å². The van der Waals surface area contributed by atoms with Gasteiger partial charge in [-0.05, 0) is 60.4 Å². The Morgan fingerprint density at radius 2 is 1.06 bits per heavy atom. The van der Waals surface area contributed by atoms with Crippen molar-refractivity contribution >= 4 is 34.2 Å². The van der Waals surface area contributed by atoms with Crippen LogP contribution in [0.25, 0.3) is 32.9 Å². The molecule has 2 aromatic heterocycles. The minimum atomic E-state index is -0.522. The average molecular weight is 457 g/mol. The fourth-order valence-corrected chi connectivity index (χ4v) is 4.66. The van der Waals surface area contributed by atoms with E-state index in [0.717, 1.165) is 15.7 Å². The normalized spacial score (nSPS) is 11.6. The number of rotatable bonds is 4. The molecular weight excluding hydrogens is 436 g/mol. The van der Waals surface area contributed by atoms with Gasteiger partial charge in [0.2, 0.25) is 0 Å². The third-order valence-electron chi connectivity index (χ3n) is 6.19. The number of nitrogens with zero attached hydrogens (tertiary/aromatic N) is 2. The molecule has 7 heteroatoms. The summed E-state index contributed by atoms with van der Waals surface area (Å²) < 4.78 is 2.25. The van der Waals surface area contributed by atoms with Gasteiger partial charge in [-0.2, -0.15) is 0 Å². The number of para-hydroxylation sites is 1. The SMILES string of the molecule is CCc1cccc(CC)c1-n1c(=O)c2cc3c(=O)n(-c4ccc(S)cc4)c(=O)c3cc2c1=O. The minimum Gasteiger partial charge on any atom is -0.268 e. The molecule has 164 valence electrons. The fourth-order valence-electron chi connectivity index (χ4n) is 4.52. The molecule has 0 aliphatic rings. The molecule has 0 atom stereocenters. The molecule has 0 unspecified atom stereocenters. The Morgan fingerprint density at radius 1 is 0.636 bits per heavy atom. The number of aryl methyl sites for hydroxylation is 2. The van der Waals surface area contributed by atoms with Crippen molar-refractivity contribution in [2.45, 2.75) is 31.6 Å². The van der Waals surface area contributed by atoms with Crippen LogP contribution < -0.4 is 22.2 Å². The van der Waals surface area contributed by atoms with Gasteiger partial charge in [0, 0.05) is 4.90 Å². The van der Waals surface area contributed by atoms with E-state index in [2.05, 4.69) is 12.6 Å². The van der Waals surface area contributed by atoms with Crippen LogP contribution in [0.1, 0.15) is 25.0 Å². The maximum atomic E-state index is 13.4. The lowest BCUT2D eigenvalue weighted by atomic mass is 10.0. The predicted octanol–water partition coefficient (Wildman–Crippen LogP) is 3.30. The van der Waals surface area contributed by atoms with Crippen molar-refractivity contribution in [1.29, 1.82) is 0 Å². The number of thiol groups is 1. The van der Waals surface area contributed by atoms with Crippen LogP contribution in [-0.4, -0.2) is 9.13 Å². The van der Waals surface area contributed by atoms with Crippen molar-refractivity contribution in [3.05, 3.63) is 107 Å². The second-order valence-corrected chi connectivity index (χ2v) is 8.50. The van der Waals surface area contributed by atoms with Crippen LogP contribution >= 0.6 is 12.6 Å². The highest BCUT2D eigenvalue weighted by atomic mass is 32.1. The van der Waals surface area contributed by atoms with E-state index in [4.69, 9.17) is 0 Å². The molecule has 0 amide bonds. The van der Waals surface area contributed by atoms with Crippen LogP contribution in [-0.2, 0) is 12.8 Å². The van der Waals surface area contributed by atoms with Gasteiger partial charge in [0.1, 0.15) is 0 Å². The molecule has 3 aromatic carbocycles. The highest BCUT2D eigenvalue weighted by Gasteiger charge is 2.22. The Balaban J connectivity index is 1.86. The lowest BCUT2D eigenvalue weighted by molar-refractivity contribution is 0.924. The Labute approximate surface area is 193 Å². The standard InChI is InChI=1S/C26H20N2O4S/c1-3-14-6-5-7-15(4-2)22(14)28-25(31)20-12-18-19(13-21(20)26(28)32)24(30)27(23(18)29)16-8-10-17(33)11-9-16/h5-13,33H,3-4H2,1-2H3. The smallest absolute Gasteiger partial charge is 0.266 e. The number of fused-ring (bicyclic) bond motifs is 2. The monoisotopic (exact) mass is 456 g/mol. The summed E-state index contributed by atoms with van der Waals surface area (Å²) in [5.74, 6) is 0. The maximum absolute atomic E-state index is 13.4. The van der Waals surface area contributed by atoms with Gasteiger partial charge in [0.25, 0.3) is 22.2 Å². The summed E-state index contributed by atoms with van der Waals surface area (Å²) in [7, 11) is 0. The first-order chi connectivity index (χ1) is 15.9. The zero-order valence-electron chi connectivity index (χ0n) is 18.1. The van der Waals surface area contributed by atoms with Crippen LogP contribution in [0, 0.1) is 0 Å². The van der Waals surface area contributed by atoms with Crippen LogP contribution in [0.2, 0.25) is 0 Å². The van der Waals surface area contributed by atoms with Crippen LogP contribution in [0.15, 0.2) is 78.7 Å². The van der Waals surface area contributed by atoms with Gasteiger partial charge in [-0.3, -0.25) is 19.2 Å². The van der Waals surface area contributed by atoms with E-state index in [1.54, 1.807) is 24.3 Å². The molecule has 0 saturated carbocycles. The van der Waals surface area contributed by atoms with E-state index < -0.39 is 22.2 Å². The summed E-state index contributed by atoms with van der Waals surface area (Å²) in [5, 5.41) is 0.521. The number of hydrogen-bond acceptors (Lipinski definition) is 5. The van der Waals surface area contributed by atoms with E-state index >= 15 is 0 Å². The van der Waals surface area contributed by atoms with Gasteiger partial charge < -0.3 is 0 Å². The van der Waals surface area contributed by atoms with Crippen LogP contribution in [0.3, 0.4) is 0 Å². The van der Waals surface area contributed by atoms with Gasteiger partial charge in [-0.1, -0.05) is 32.0 Å². The molecule has 5 rings (SSSR count). The molecule has 5 aromatic rings. The van der Waals surface area contributed by atoms with Gasteiger partial charge in [-0.15, -0.1) is 12.6 Å². The molecule has 0 spiro atoms. The largest absolute Gasteiger partial charge is 0.268 e. The number of benzene rings is 3. The quantitative estimate of drug-likeness (QED) is 0.421. The predicted molar refractivity (Wildman–Crippen MR) is 134 cm³/mol. The van der Waals surface area contributed by atoms with Gasteiger partial charge in [0.15, 0.2) is 0 Å². The van der Waals surface area contributed by atoms with Crippen molar-refractivity contribution in [3.63, 3.8) is 0 Å². The molecule has 33 heavy (non-hydrogen) atoms. The fraction of sp³-hybridized carbons (Fsp3) is 0.154. The molecule has 2 heterocycles. The summed E-state index contributed by atoms with van der Waals surface area (Å²) in [6, 6.07) is 15.1. The third kappa shape index (κ3) is 3.03. The summed E-state index contributed by atoms with van der Waals surface area (Å²) in [4.78, 5) is 53.7. The zero-order valence-corrected chi connectivity index (χ0v) is 19.0. The van der Waals surface area contributed by atoms with E-state index in [-0.39, 0.29) is 21.5 Å². The van der Waals surface area contributed by atoms with Gasteiger partial charge in [-0.25, -0.2) is 9.13 Å². The summed E-state index contributed by atoms with van der Waals surface area (Å²) in [6.07, 6.45) is 1.31. The van der Waals surface area contributed by atoms with Crippen LogP contribution in [0.5, 0.6) is 0 Å². The lowest BCUT2D eigenvalue weighted by Gasteiger charge is -2.12. The first-order valence-electron chi connectivity index (χ1n) is 10.7.